The lowest BCUT2D eigenvalue weighted by atomic mass is 9.97. The van der Waals surface area contributed by atoms with Crippen LogP contribution in [0.3, 0.4) is 0 Å². The second kappa shape index (κ2) is 6.60. The van der Waals surface area contributed by atoms with Crippen LogP contribution in [0.15, 0.2) is 12.3 Å². The number of hydrogen-bond donors (Lipinski definition) is 1. The van der Waals surface area contributed by atoms with Gasteiger partial charge in [0, 0.05) is 35.7 Å². The Kier molecular flexibility index (Phi) is 5.01. The van der Waals surface area contributed by atoms with Crippen LogP contribution in [0.1, 0.15) is 43.5 Å². The molecule has 1 aromatic heterocycles. The summed E-state index contributed by atoms with van der Waals surface area (Å²) in [5.41, 5.74) is 0.0134. The Morgan fingerprint density at radius 3 is 2.50 bits per heavy atom. The fourth-order valence-corrected chi connectivity index (χ4v) is 3.19. The summed E-state index contributed by atoms with van der Waals surface area (Å²) in [5.74, 6) is -1.14. The zero-order chi connectivity index (χ0) is 16.3. The minimum atomic E-state index is -0.762. The highest BCUT2D eigenvalue weighted by molar-refractivity contribution is 7.12. The van der Waals surface area contributed by atoms with E-state index < -0.39 is 5.97 Å². The third-order valence-corrected chi connectivity index (χ3v) is 5.10. The standard InChI is InChI=1S/C16H22N2O3S/c1-16(2,3)15-17-10-12(22-15)4-5-13(19)18-8-6-11(7-9-18)14(20)21/h4-5,10-11H,6-9H2,1-3H3,(H,20,21)/b5-4+. The second-order valence-electron chi connectivity index (χ2n) is 6.59. The number of carbonyl (C=O) groups excluding carboxylic acids is 1. The lowest BCUT2D eigenvalue weighted by molar-refractivity contribution is -0.144. The molecule has 2 heterocycles. The molecule has 1 N–H and O–H groups in total. The first-order valence-corrected chi connectivity index (χ1v) is 8.25. The van der Waals surface area contributed by atoms with Crippen molar-refractivity contribution in [1.82, 2.24) is 9.88 Å². The van der Waals surface area contributed by atoms with Gasteiger partial charge in [0.15, 0.2) is 0 Å². The first-order chi connectivity index (χ1) is 10.3. The van der Waals surface area contributed by atoms with Crippen LogP contribution in [0.4, 0.5) is 0 Å². The van der Waals surface area contributed by atoms with Gasteiger partial charge in [-0.25, -0.2) is 4.98 Å². The van der Waals surface area contributed by atoms with E-state index in [-0.39, 0.29) is 17.2 Å². The molecule has 120 valence electrons. The molecule has 1 saturated heterocycles. The summed E-state index contributed by atoms with van der Waals surface area (Å²) in [4.78, 5) is 30.1. The number of rotatable bonds is 3. The number of carboxylic acid groups (broad SMARTS) is 1. The summed E-state index contributed by atoms with van der Waals surface area (Å²) >= 11 is 1.59. The van der Waals surface area contributed by atoms with Crippen LogP contribution in [0.2, 0.25) is 0 Å². The molecule has 0 atom stereocenters. The predicted octanol–water partition coefficient (Wildman–Crippen LogP) is 2.78. The molecule has 0 spiro atoms. The smallest absolute Gasteiger partial charge is 0.306 e. The number of aromatic nitrogens is 1. The molecule has 1 fully saturated rings. The number of hydrogen-bond acceptors (Lipinski definition) is 4. The van der Waals surface area contributed by atoms with Crippen molar-refractivity contribution in [2.45, 2.75) is 39.0 Å². The summed E-state index contributed by atoms with van der Waals surface area (Å²) in [6.07, 6.45) is 6.19. The first-order valence-electron chi connectivity index (χ1n) is 7.43. The molecule has 0 bridgehead atoms. The molecule has 0 unspecified atom stereocenters. The molecule has 0 aliphatic carbocycles. The molecular weight excluding hydrogens is 300 g/mol. The van der Waals surface area contributed by atoms with E-state index in [2.05, 4.69) is 25.8 Å². The van der Waals surface area contributed by atoms with E-state index in [0.29, 0.717) is 25.9 Å². The van der Waals surface area contributed by atoms with Gasteiger partial charge in [-0.3, -0.25) is 9.59 Å². The fraction of sp³-hybridized carbons (Fsp3) is 0.562. The molecule has 1 aliphatic rings. The van der Waals surface area contributed by atoms with E-state index in [4.69, 9.17) is 5.11 Å². The van der Waals surface area contributed by atoms with Crippen LogP contribution < -0.4 is 0 Å². The lowest BCUT2D eigenvalue weighted by Gasteiger charge is -2.29. The minimum absolute atomic E-state index is 0.0134. The van der Waals surface area contributed by atoms with Crippen LogP contribution in [-0.4, -0.2) is 40.0 Å². The number of aliphatic carboxylic acids is 1. The molecule has 0 aromatic carbocycles. The highest BCUT2D eigenvalue weighted by atomic mass is 32.1. The van der Waals surface area contributed by atoms with Gasteiger partial charge in [0.1, 0.15) is 0 Å². The summed E-state index contributed by atoms with van der Waals surface area (Å²) in [7, 11) is 0. The van der Waals surface area contributed by atoms with E-state index in [1.54, 1.807) is 34.6 Å². The number of carbonyl (C=O) groups is 2. The minimum Gasteiger partial charge on any atom is -0.481 e. The van der Waals surface area contributed by atoms with Crippen molar-refractivity contribution in [3.8, 4) is 0 Å². The maximum Gasteiger partial charge on any atom is 0.306 e. The van der Waals surface area contributed by atoms with E-state index in [1.165, 1.54) is 0 Å². The quantitative estimate of drug-likeness (QED) is 0.869. The van der Waals surface area contributed by atoms with E-state index in [1.807, 2.05) is 0 Å². The summed E-state index contributed by atoms with van der Waals surface area (Å²) in [6.45, 7) is 7.34. The number of amides is 1. The van der Waals surface area contributed by atoms with E-state index in [9.17, 15) is 9.59 Å². The number of thiazole rings is 1. The maximum atomic E-state index is 12.1. The van der Waals surface area contributed by atoms with Crippen molar-refractivity contribution < 1.29 is 14.7 Å². The molecule has 1 amide bonds. The molecule has 1 aromatic rings. The highest BCUT2D eigenvalue weighted by Crippen LogP contribution is 2.27. The molecule has 22 heavy (non-hydrogen) atoms. The van der Waals surface area contributed by atoms with Gasteiger partial charge in [-0.15, -0.1) is 11.3 Å². The number of nitrogens with zero attached hydrogens (tertiary/aromatic N) is 2. The van der Waals surface area contributed by atoms with Gasteiger partial charge in [-0.2, -0.15) is 0 Å². The topological polar surface area (TPSA) is 70.5 Å². The Hall–Kier alpha value is -1.69. The average Bonchev–Trinajstić information content (AvgIpc) is 2.94. The predicted molar refractivity (Wildman–Crippen MR) is 86.8 cm³/mol. The fourth-order valence-electron chi connectivity index (χ4n) is 2.32. The van der Waals surface area contributed by atoms with Crippen LogP contribution >= 0.6 is 11.3 Å². The number of likely N-dealkylation sites (tertiary alicyclic amines) is 1. The van der Waals surface area contributed by atoms with E-state index >= 15 is 0 Å². The molecule has 0 saturated carbocycles. The van der Waals surface area contributed by atoms with Crippen molar-refractivity contribution in [1.29, 1.82) is 0 Å². The van der Waals surface area contributed by atoms with Crippen molar-refractivity contribution in [3.63, 3.8) is 0 Å². The number of piperidine rings is 1. The van der Waals surface area contributed by atoms with Crippen LogP contribution in [0.25, 0.3) is 6.08 Å². The normalized spacial score (nSPS) is 17.1. The second-order valence-corrected chi connectivity index (χ2v) is 7.65. The van der Waals surface area contributed by atoms with Gasteiger partial charge < -0.3 is 10.0 Å². The third kappa shape index (κ3) is 4.16. The zero-order valence-electron chi connectivity index (χ0n) is 13.2. The lowest BCUT2D eigenvalue weighted by Crippen LogP contribution is -2.39. The third-order valence-electron chi connectivity index (χ3n) is 3.71. The molecule has 1 aliphatic heterocycles. The van der Waals surface area contributed by atoms with Gasteiger partial charge in [0.25, 0.3) is 0 Å². The van der Waals surface area contributed by atoms with Crippen LogP contribution in [0.5, 0.6) is 0 Å². The summed E-state index contributed by atoms with van der Waals surface area (Å²) < 4.78 is 0. The highest BCUT2D eigenvalue weighted by Gasteiger charge is 2.26. The maximum absolute atomic E-state index is 12.1. The van der Waals surface area contributed by atoms with Gasteiger partial charge in [-0.05, 0) is 18.9 Å². The van der Waals surface area contributed by atoms with Crippen molar-refractivity contribution in [2.24, 2.45) is 5.92 Å². The van der Waals surface area contributed by atoms with Crippen molar-refractivity contribution >= 4 is 29.3 Å². The van der Waals surface area contributed by atoms with Gasteiger partial charge in [0.05, 0.1) is 10.9 Å². The molecule has 6 heteroatoms. The monoisotopic (exact) mass is 322 g/mol. The first kappa shape index (κ1) is 16.7. The zero-order valence-corrected chi connectivity index (χ0v) is 14.0. The van der Waals surface area contributed by atoms with E-state index in [0.717, 1.165) is 9.88 Å². The average molecular weight is 322 g/mol. The number of carboxylic acids is 1. The molecule has 0 radical (unpaired) electrons. The Balaban J connectivity index is 1.92. The van der Waals surface area contributed by atoms with Crippen molar-refractivity contribution in [3.05, 3.63) is 22.2 Å². The Morgan fingerprint density at radius 2 is 2.00 bits per heavy atom. The van der Waals surface area contributed by atoms with Gasteiger partial charge in [0.2, 0.25) is 5.91 Å². The molecule has 5 nitrogen and oxygen atoms in total. The summed E-state index contributed by atoms with van der Waals surface area (Å²) in [5, 5.41) is 10.0. The van der Waals surface area contributed by atoms with Gasteiger partial charge >= 0.3 is 5.97 Å². The molecular formula is C16H22N2O3S. The van der Waals surface area contributed by atoms with Crippen LogP contribution in [0, 0.1) is 5.92 Å². The Bertz CT molecular complexity index is 578. The van der Waals surface area contributed by atoms with Crippen molar-refractivity contribution in [2.75, 3.05) is 13.1 Å². The Morgan fingerprint density at radius 1 is 1.36 bits per heavy atom. The summed E-state index contributed by atoms with van der Waals surface area (Å²) in [6, 6.07) is 0. The largest absolute Gasteiger partial charge is 0.481 e. The van der Waals surface area contributed by atoms with Gasteiger partial charge in [-0.1, -0.05) is 20.8 Å². The Labute approximate surface area is 134 Å². The van der Waals surface area contributed by atoms with Crippen LogP contribution in [-0.2, 0) is 15.0 Å². The molecule has 2 rings (SSSR count). The SMILES string of the molecule is CC(C)(C)c1ncc(/C=C/C(=O)N2CCC(C(=O)O)CC2)s1.